The van der Waals surface area contributed by atoms with Gasteiger partial charge in [0.25, 0.3) is 0 Å². The number of rotatable bonds is 7. The second kappa shape index (κ2) is 9.65. The minimum Gasteiger partial charge on any atom is -0.497 e. The van der Waals surface area contributed by atoms with Crippen LogP contribution in [0.25, 0.3) is 27.7 Å². The van der Waals surface area contributed by atoms with Crippen molar-refractivity contribution in [3.63, 3.8) is 0 Å². The first-order valence-electron chi connectivity index (χ1n) is 10.9. The monoisotopic (exact) mass is 441 g/mol. The number of nitrogens with one attached hydrogen (secondary N) is 1. The summed E-state index contributed by atoms with van der Waals surface area (Å²) in [4.78, 5) is 12.7. The van der Waals surface area contributed by atoms with E-state index in [1.807, 2.05) is 81.4 Å². The number of methoxy groups -OCH3 is 1. The molecule has 0 saturated carbocycles. The first-order chi connectivity index (χ1) is 16.0. The number of allylic oxidation sites excluding steroid dienone is 1. The van der Waals surface area contributed by atoms with Gasteiger partial charge in [0, 0.05) is 34.3 Å². The van der Waals surface area contributed by atoms with Gasteiger partial charge in [0.2, 0.25) is 5.91 Å². The van der Waals surface area contributed by atoms with Crippen LogP contribution in [0.15, 0.2) is 77.4 Å². The molecule has 33 heavy (non-hydrogen) atoms. The number of fused-ring (bicyclic) bond motifs is 1. The van der Waals surface area contributed by atoms with Crippen LogP contribution in [-0.4, -0.2) is 19.6 Å². The van der Waals surface area contributed by atoms with Crippen molar-refractivity contribution in [2.45, 2.75) is 20.8 Å². The molecule has 4 aromatic rings. The molecule has 3 aromatic carbocycles. The van der Waals surface area contributed by atoms with E-state index in [0.29, 0.717) is 12.4 Å². The lowest BCUT2D eigenvalue weighted by molar-refractivity contribution is -0.111. The fourth-order valence-corrected chi connectivity index (χ4v) is 3.81. The molecule has 1 N–H and O–H groups in total. The van der Waals surface area contributed by atoms with Gasteiger partial charge in [-0.2, -0.15) is 0 Å². The minimum atomic E-state index is -0.190. The van der Waals surface area contributed by atoms with E-state index in [0.717, 1.165) is 50.2 Å². The number of carbonyl (C=O) groups excluding carboxylic acids is 1. The van der Waals surface area contributed by atoms with Crippen LogP contribution in [0.4, 0.5) is 5.69 Å². The number of benzene rings is 3. The highest BCUT2D eigenvalue weighted by Gasteiger charge is 2.16. The second-order valence-electron chi connectivity index (χ2n) is 7.79. The zero-order valence-electron chi connectivity index (χ0n) is 19.3. The molecule has 0 bridgehead atoms. The van der Waals surface area contributed by atoms with Gasteiger partial charge in [-0.05, 0) is 61.7 Å². The molecule has 0 saturated heterocycles. The molecule has 1 amide bonds. The molecule has 5 heteroatoms. The van der Waals surface area contributed by atoms with Crippen LogP contribution in [0.2, 0.25) is 0 Å². The molecule has 0 aliphatic heterocycles. The summed E-state index contributed by atoms with van der Waals surface area (Å²) in [7, 11) is 1.65. The van der Waals surface area contributed by atoms with Crippen molar-refractivity contribution in [2.75, 3.05) is 19.0 Å². The van der Waals surface area contributed by atoms with E-state index in [2.05, 4.69) is 5.32 Å². The largest absolute Gasteiger partial charge is 0.497 e. The SMILES string of the molecule is CCOc1cc2occ(-c3cccc(OC)c3)c2cc1/C(C)=C/C(=O)Nc1ccccc1C. The molecular formula is C28H27NO4. The van der Waals surface area contributed by atoms with Crippen molar-refractivity contribution in [1.29, 1.82) is 0 Å². The molecule has 0 atom stereocenters. The lowest BCUT2D eigenvalue weighted by Crippen LogP contribution is -2.09. The molecule has 5 nitrogen and oxygen atoms in total. The van der Waals surface area contributed by atoms with Gasteiger partial charge in [0.1, 0.15) is 17.1 Å². The summed E-state index contributed by atoms with van der Waals surface area (Å²) in [6.45, 7) is 6.31. The highest BCUT2D eigenvalue weighted by Crippen LogP contribution is 2.38. The Kier molecular flexibility index (Phi) is 6.50. The number of furan rings is 1. The van der Waals surface area contributed by atoms with E-state index in [4.69, 9.17) is 13.9 Å². The Morgan fingerprint density at radius 3 is 2.67 bits per heavy atom. The molecule has 1 aromatic heterocycles. The summed E-state index contributed by atoms with van der Waals surface area (Å²) < 4.78 is 17.1. The smallest absolute Gasteiger partial charge is 0.248 e. The van der Waals surface area contributed by atoms with Crippen molar-refractivity contribution in [3.05, 3.63) is 84.1 Å². The zero-order valence-corrected chi connectivity index (χ0v) is 19.3. The van der Waals surface area contributed by atoms with Crippen molar-refractivity contribution in [3.8, 4) is 22.6 Å². The van der Waals surface area contributed by atoms with Gasteiger partial charge in [-0.15, -0.1) is 0 Å². The average molecular weight is 442 g/mol. The van der Waals surface area contributed by atoms with Crippen LogP contribution >= 0.6 is 0 Å². The first-order valence-corrected chi connectivity index (χ1v) is 10.9. The van der Waals surface area contributed by atoms with E-state index in [-0.39, 0.29) is 5.91 Å². The third-order valence-electron chi connectivity index (χ3n) is 5.53. The van der Waals surface area contributed by atoms with Crippen LogP contribution in [0, 0.1) is 6.92 Å². The number of amides is 1. The van der Waals surface area contributed by atoms with Crippen LogP contribution in [0.5, 0.6) is 11.5 Å². The Morgan fingerprint density at radius 1 is 1.09 bits per heavy atom. The Hall–Kier alpha value is -3.99. The lowest BCUT2D eigenvalue weighted by atomic mass is 9.99. The quantitative estimate of drug-likeness (QED) is 0.318. The summed E-state index contributed by atoms with van der Waals surface area (Å²) in [5.41, 5.74) is 6.10. The molecular weight excluding hydrogens is 414 g/mol. The highest BCUT2D eigenvalue weighted by atomic mass is 16.5. The highest BCUT2D eigenvalue weighted by molar-refractivity contribution is 6.05. The van der Waals surface area contributed by atoms with E-state index < -0.39 is 0 Å². The van der Waals surface area contributed by atoms with E-state index in [1.165, 1.54) is 0 Å². The third kappa shape index (κ3) is 4.77. The summed E-state index contributed by atoms with van der Waals surface area (Å²) in [5.74, 6) is 1.26. The number of aryl methyl sites for hydroxylation is 1. The van der Waals surface area contributed by atoms with Crippen LogP contribution in [0.3, 0.4) is 0 Å². The molecule has 168 valence electrons. The predicted molar refractivity (Wildman–Crippen MR) is 133 cm³/mol. The number of hydrogen-bond acceptors (Lipinski definition) is 4. The average Bonchev–Trinajstić information content (AvgIpc) is 3.23. The zero-order chi connectivity index (χ0) is 23.4. The molecule has 0 aliphatic rings. The van der Waals surface area contributed by atoms with Crippen molar-refractivity contribution < 1.29 is 18.7 Å². The number of ether oxygens (including phenoxy) is 2. The van der Waals surface area contributed by atoms with Crippen LogP contribution in [0.1, 0.15) is 25.0 Å². The maximum Gasteiger partial charge on any atom is 0.248 e. The molecule has 0 aliphatic carbocycles. The molecule has 4 rings (SSSR count). The van der Waals surface area contributed by atoms with Gasteiger partial charge in [-0.3, -0.25) is 4.79 Å². The third-order valence-corrected chi connectivity index (χ3v) is 5.53. The maximum atomic E-state index is 12.7. The summed E-state index contributed by atoms with van der Waals surface area (Å²) in [5, 5.41) is 3.89. The van der Waals surface area contributed by atoms with E-state index >= 15 is 0 Å². The van der Waals surface area contributed by atoms with Gasteiger partial charge in [0.05, 0.1) is 20.0 Å². The lowest BCUT2D eigenvalue weighted by Gasteiger charge is -2.12. The maximum absolute atomic E-state index is 12.7. The summed E-state index contributed by atoms with van der Waals surface area (Å²) in [6, 6.07) is 19.4. The fraction of sp³-hybridized carbons (Fsp3) is 0.179. The number of hydrogen-bond donors (Lipinski definition) is 1. The van der Waals surface area contributed by atoms with Gasteiger partial charge in [0.15, 0.2) is 0 Å². The second-order valence-corrected chi connectivity index (χ2v) is 7.79. The Morgan fingerprint density at radius 2 is 1.91 bits per heavy atom. The van der Waals surface area contributed by atoms with Gasteiger partial charge >= 0.3 is 0 Å². The van der Waals surface area contributed by atoms with E-state index in [9.17, 15) is 4.79 Å². The van der Waals surface area contributed by atoms with E-state index in [1.54, 1.807) is 19.4 Å². The van der Waals surface area contributed by atoms with Gasteiger partial charge in [-0.25, -0.2) is 0 Å². The number of carbonyl (C=O) groups is 1. The summed E-state index contributed by atoms with van der Waals surface area (Å²) >= 11 is 0. The number of anilines is 1. The van der Waals surface area contributed by atoms with Crippen LogP contribution < -0.4 is 14.8 Å². The molecule has 0 radical (unpaired) electrons. The first kappa shape index (κ1) is 22.2. The molecule has 0 unspecified atom stereocenters. The molecule has 1 heterocycles. The molecule has 0 fully saturated rings. The van der Waals surface area contributed by atoms with Gasteiger partial charge in [-0.1, -0.05) is 30.3 Å². The number of para-hydroxylation sites is 1. The standard InChI is InChI=1S/C28H27NO4/c1-5-32-26-16-27-23(24(17-33-27)20-10-8-11-21(14-20)31-4)15-22(26)19(3)13-28(30)29-25-12-7-6-9-18(25)2/h6-17H,5H2,1-4H3,(H,29,30)/b19-13+. The van der Waals surface area contributed by atoms with Crippen molar-refractivity contribution >= 4 is 28.1 Å². The minimum absolute atomic E-state index is 0.190. The normalized spacial score (nSPS) is 11.5. The van der Waals surface area contributed by atoms with Gasteiger partial charge < -0.3 is 19.2 Å². The van der Waals surface area contributed by atoms with Crippen molar-refractivity contribution in [1.82, 2.24) is 0 Å². The Balaban J connectivity index is 1.74. The Labute approximate surface area is 193 Å². The predicted octanol–water partition coefficient (Wildman–Crippen LogP) is 6.86. The summed E-state index contributed by atoms with van der Waals surface area (Å²) in [6.07, 6.45) is 3.34. The van der Waals surface area contributed by atoms with Crippen LogP contribution in [-0.2, 0) is 4.79 Å². The Bertz CT molecular complexity index is 1330. The van der Waals surface area contributed by atoms with Crippen molar-refractivity contribution in [2.24, 2.45) is 0 Å². The topological polar surface area (TPSA) is 60.7 Å². The fourth-order valence-electron chi connectivity index (χ4n) is 3.81. The molecule has 0 spiro atoms.